The lowest BCUT2D eigenvalue weighted by Gasteiger charge is -2.14. The number of rotatable bonds is 5. The maximum atomic E-state index is 12.4. The van der Waals surface area contributed by atoms with Crippen LogP contribution in [0.25, 0.3) is 0 Å². The molecular weight excluding hydrogens is 322 g/mol. The van der Waals surface area contributed by atoms with Gasteiger partial charge < -0.3 is 4.74 Å². The first-order valence-corrected chi connectivity index (χ1v) is 7.78. The largest absolute Gasteiger partial charge is 0.451 e. The van der Waals surface area contributed by atoms with Gasteiger partial charge in [-0.05, 0) is 51.0 Å². The Labute approximate surface area is 145 Å². The molecule has 0 saturated carbocycles. The van der Waals surface area contributed by atoms with Gasteiger partial charge in [-0.2, -0.15) is 0 Å². The lowest BCUT2D eigenvalue weighted by atomic mass is 10.0. The molecule has 0 aliphatic heterocycles. The number of carbonyl (C=O) groups is 2. The van der Waals surface area contributed by atoms with Crippen LogP contribution < -0.4 is 0 Å². The number of benzene rings is 2. The molecule has 2 aromatic rings. The highest BCUT2D eigenvalue weighted by Gasteiger charge is 2.24. The van der Waals surface area contributed by atoms with Crippen LogP contribution >= 0.6 is 0 Å². The fraction of sp³-hybridized carbons (Fsp3) is 0.263. The number of hydrogen-bond acceptors (Lipinski definition) is 5. The Kier molecular flexibility index (Phi) is 5.32. The molecule has 6 nitrogen and oxygen atoms in total. The molecule has 0 bridgehead atoms. The highest BCUT2D eigenvalue weighted by atomic mass is 16.6. The molecule has 0 unspecified atom stereocenters. The standard InChI is InChI=1S/C19H19NO5/c1-11-8-9-15(10-12(11)2)18(21)14(4)25-19(22)16-6-5-7-17(13(16)3)20(23)24/h5-10,14H,1-4H3/t14-/m0/s1. The van der Waals surface area contributed by atoms with Crippen molar-refractivity contribution in [3.63, 3.8) is 0 Å². The third-order valence-corrected chi connectivity index (χ3v) is 4.17. The summed E-state index contributed by atoms with van der Waals surface area (Å²) in [7, 11) is 0. The fourth-order valence-electron chi connectivity index (χ4n) is 2.45. The number of ether oxygens (including phenoxy) is 1. The highest BCUT2D eigenvalue weighted by Crippen LogP contribution is 2.22. The number of carbonyl (C=O) groups excluding carboxylic acids is 2. The van der Waals surface area contributed by atoms with E-state index in [1.54, 1.807) is 12.1 Å². The van der Waals surface area contributed by atoms with Gasteiger partial charge in [0.25, 0.3) is 5.69 Å². The minimum Gasteiger partial charge on any atom is -0.451 e. The molecule has 2 rings (SSSR count). The van der Waals surface area contributed by atoms with E-state index >= 15 is 0 Å². The molecule has 0 aromatic heterocycles. The van der Waals surface area contributed by atoms with Crippen LogP contribution in [-0.2, 0) is 4.74 Å². The SMILES string of the molecule is Cc1ccc(C(=O)[C@H](C)OC(=O)c2cccc([N+](=O)[O-])c2C)cc1C. The summed E-state index contributed by atoms with van der Waals surface area (Å²) in [5.41, 5.74) is 2.62. The third kappa shape index (κ3) is 3.91. The topological polar surface area (TPSA) is 86.5 Å². The van der Waals surface area contributed by atoms with E-state index in [1.165, 1.54) is 32.0 Å². The van der Waals surface area contributed by atoms with Crippen molar-refractivity contribution in [2.24, 2.45) is 0 Å². The predicted molar refractivity (Wildman–Crippen MR) is 93.0 cm³/mol. The second kappa shape index (κ2) is 7.25. The molecule has 0 radical (unpaired) electrons. The van der Waals surface area contributed by atoms with E-state index in [1.807, 2.05) is 19.9 Å². The summed E-state index contributed by atoms with van der Waals surface area (Å²) < 4.78 is 5.23. The van der Waals surface area contributed by atoms with Crippen LogP contribution in [0.2, 0.25) is 0 Å². The van der Waals surface area contributed by atoms with E-state index in [9.17, 15) is 19.7 Å². The highest BCUT2D eigenvalue weighted by molar-refractivity contribution is 6.02. The number of nitro benzene ring substituents is 1. The summed E-state index contributed by atoms with van der Waals surface area (Å²) in [5, 5.41) is 11.0. The average molecular weight is 341 g/mol. The van der Waals surface area contributed by atoms with Crippen molar-refractivity contribution >= 4 is 17.4 Å². The smallest absolute Gasteiger partial charge is 0.339 e. The van der Waals surface area contributed by atoms with Crippen molar-refractivity contribution in [2.75, 3.05) is 0 Å². The van der Waals surface area contributed by atoms with Gasteiger partial charge in [-0.25, -0.2) is 4.79 Å². The molecule has 2 aromatic carbocycles. The molecule has 130 valence electrons. The Bertz CT molecular complexity index is 857. The normalized spacial score (nSPS) is 11.7. The number of nitrogens with zero attached hydrogens (tertiary/aromatic N) is 1. The third-order valence-electron chi connectivity index (χ3n) is 4.17. The Morgan fingerprint density at radius 1 is 1.08 bits per heavy atom. The molecule has 0 spiro atoms. The summed E-state index contributed by atoms with van der Waals surface area (Å²) in [6.45, 7) is 6.81. The first-order valence-electron chi connectivity index (χ1n) is 7.78. The van der Waals surface area contributed by atoms with Gasteiger partial charge in [-0.1, -0.05) is 18.2 Å². The van der Waals surface area contributed by atoms with Gasteiger partial charge in [0.1, 0.15) is 0 Å². The minimum absolute atomic E-state index is 0.0777. The van der Waals surface area contributed by atoms with Crippen molar-refractivity contribution in [1.82, 2.24) is 0 Å². The van der Waals surface area contributed by atoms with Crippen LogP contribution in [-0.4, -0.2) is 22.8 Å². The summed E-state index contributed by atoms with van der Waals surface area (Å²) in [5.74, 6) is -1.08. The number of aryl methyl sites for hydroxylation is 2. The van der Waals surface area contributed by atoms with E-state index in [0.29, 0.717) is 5.56 Å². The van der Waals surface area contributed by atoms with E-state index in [2.05, 4.69) is 0 Å². The summed E-state index contributed by atoms with van der Waals surface area (Å²) in [4.78, 5) is 35.2. The summed E-state index contributed by atoms with van der Waals surface area (Å²) in [6, 6.07) is 9.45. The van der Waals surface area contributed by atoms with E-state index in [-0.39, 0.29) is 22.6 Å². The van der Waals surface area contributed by atoms with Crippen LogP contribution in [0.4, 0.5) is 5.69 Å². The Hall–Kier alpha value is -3.02. The van der Waals surface area contributed by atoms with Gasteiger partial charge in [0.05, 0.1) is 10.5 Å². The maximum Gasteiger partial charge on any atom is 0.339 e. The van der Waals surface area contributed by atoms with Crippen LogP contribution in [0.5, 0.6) is 0 Å². The molecule has 1 atom stereocenters. The van der Waals surface area contributed by atoms with Crippen LogP contribution in [0.1, 0.15) is 44.3 Å². The first-order chi connectivity index (χ1) is 11.7. The predicted octanol–water partition coefficient (Wildman–Crippen LogP) is 3.95. The Balaban J connectivity index is 2.20. The molecule has 0 amide bonds. The van der Waals surface area contributed by atoms with Crippen LogP contribution in [0.3, 0.4) is 0 Å². The van der Waals surface area contributed by atoms with Crippen molar-refractivity contribution in [3.8, 4) is 0 Å². The zero-order chi connectivity index (χ0) is 18.7. The monoisotopic (exact) mass is 341 g/mol. The lowest BCUT2D eigenvalue weighted by molar-refractivity contribution is -0.385. The molecule has 0 aliphatic rings. The van der Waals surface area contributed by atoms with E-state index < -0.39 is 17.0 Å². The number of nitro groups is 1. The van der Waals surface area contributed by atoms with Crippen molar-refractivity contribution in [1.29, 1.82) is 0 Å². The van der Waals surface area contributed by atoms with Gasteiger partial charge in [-0.15, -0.1) is 0 Å². The molecule has 6 heteroatoms. The van der Waals surface area contributed by atoms with Crippen molar-refractivity contribution < 1.29 is 19.2 Å². The molecule has 0 heterocycles. The summed E-state index contributed by atoms with van der Waals surface area (Å²) in [6.07, 6.45) is -0.992. The zero-order valence-corrected chi connectivity index (χ0v) is 14.5. The zero-order valence-electron chi connectivity index (χ0n) is 14.5. The molecule has 0 aliphatic carbocycles. The first kappa shape index (κ1) is 18.3. The second-order valence-electron chi connectivity index (χ2n) is 5.92. The number of esters is 1. The van der Waals surface area contributed by atoms with Crippen molar-refractivity contribution in [2.45, 2.75) is 33.8 Å². The number of ketones is 1. The van der Waals surface area contributed by atoms with Crippen molar-refractivity contribution in [3.05, 3.63) is 74.3 Å². The molecular formula is C19H19NO5. The van der Waals surface area contributed by atoms with E-state index in [4.69, 9.17) is 4.74 Å². The summed E-state index contributed by atoms with van der Waals surface area (Å²) >= 11 is 0. The number of hydrogen-bond donors (Lipinski definition) is 0. The fourth-order valence-corrected chi connectivity index (χ4v) is 2.45. The average Bonchev–Trinajstić information content (AvgIpc) is 2.56. The lowest BCUT2D eigenvalue weighted by Crippen LogP contribution is -2.25. The molecule has 0 fully saturated rings. The van der Waals surface area contributed by atoms with E-state index in [0.717, 1.165) is 11.1 Å². The quantitative estimate of drug-likeness (QED) is 0.356. The van der Waals surface area contributed by atoms with Gasteiger partial charge in [-0.3, -0.25) is 14.9 Å². The Morgan fingerprint density at radius 2 is 1.76 bits per heavy atom. The van der Waals surface area contributed by atoms with Gasteiger partial charge in [0.15, 0.2) is 6.10 Å². The Morgan fingerprint density at radius 3 is 2.36 bits per heavy atom. The van der Waals surface area contributed by atoms with Crippen LogP contribution in [0, 0.1) is 30.9 Å². The number of Topliss-reactive ketones (excluding diaryl/α,β-unsaturated/α-hetero) is 1. The van der Waals surface area contributed by atoms with Gasteiger partial charge >= 0.3 is 5.97 Å². The molecule has 25 heavy (non-hydrogen) atoms. The molecule has 0 saturated heterocycles. The minimum atomic E-state index is -0.992. The van der Waals surface area contributed by atoms with Gasteiger partial charge in [0.2, 0.25) is 5.78 Å². The second-order valence-corrected chi connectivity index (χ2v) is 5.92. The molecule has 0 N–H and O–H groups in total. The van der Waals surface area contributed by atoms with Crippen LogP contribution in [0.15, 0.2) is 36.4 Å². The van der Waals surface area contributed by atoms with Gasteiger partial charge in [0, 0.05) is 17.2 Å². The maximum absolute atomic E-state index is 12.4.